The summed E-state index contributed by atoms with van der Waals surface area (Å²) in [6, 6.07) is 14.4. The topological polar surface area (TPSA) is 76.0 Å². The number of hydrogen-bond acceptors (Lipinski definition) is 5. The van der Waals surface area contributed by atoms with E-state index >= 15 is 0 Å². The van der Waals surface area contributed by atoms with Crippen LogP contribution in [0.1, 0.15) is 27.0 Å². The van der Waals surface area contributed by atoms with Crippen molar-refractivity contribution < 1.29 is 24.5 Å². The molecule has 0 bridgehead atoms. The van der Waals surface area contributed by atoms with Crippen molar-refractivity contribution in [3.8, 4) is 23.0 Å². The molecule has 0 aliphatic carbocycles. The average molecular weight is 367 g/mol. The quantitative estimate of drug-likeness (QED) is 0.579. The van der Waals surface area contributed by atoms with Crippen molar-refractivity contribution in [2.45, 2.75) is 5.60 Å². The lowest BCUT2D eigenvalue weighted by atomic mass is 9.77. The van der Waals surface area contributed by atoms with E-state index in [0.717, 1.165) is 0 Å². The summed E-state index contributed by atoms with van der Waals surface area (Å²) < 4.78 is 11.8. The Hall–Kier alpha value is -3.18. The molecule has 3 aromatic rings. The lowest BCUT2D eigenvalue weighted by molar-refractivity contribution is 0.0224. The number of phenolic OH excluding ortho intramolecular Hbond substituents is 2. The molecule has 1 unspecified atom stereocenters. The molecule has 0 saturated heterocycles. The molecule has 1 spiro atoms. The van der Waals surface area contributed by atoms with Gasteiger partial charge in [0, 0.05) is 23.3 Å². The number of carbonyl (C=O) groups excluding carboxylic acids is 1. The Morgan fingerprint density at radius 2 is 1.65 bits per heavy atom. The number of carbonyl (C=O) groups is 1. The van der Waals surface area contributed by atoms with E-state index in [1.54, 1.807) is 24.3 Å². The number of esters is 1. The van der Waals surface area contributed by atoms with Crippen molar-refractivity contribution in [1.29, 1.82) is 0 Å². The van der Waals surface area contributed by atoms with Gasteiger partial charge >= 0.3 is 5.97 Å². The molecule has 128 valence electrons. The van der Waals surface area contributed by atoms with Crippen LogP contribution in [-0.4, -0.2) is 16.2 Å². The van der Waals surface area contributed by atoms with Crippen LogP contribution in [0.5, 0.6) is 23.0 Å². The largest absolute Gasteiger partial charge is 0.508 e. The van der Waals surface area contributed by atoms with Crippen LogP contribution in [-0.2, 0) is 10.3 Å². The molecule has 0 amide bonds. The van der Waals surface area contributed by atoms with E-state index in [-0.39, 0.29) is 22.3 Å². The fourth-order valence-electron chi connectivity index (χ4n) is 3.73. The summed E-state index contributed by atoms with van der Waals surface area (Å²) in [6.45, 7) is 0. The van der Waals surface area contributed by atoms with Gasteiger partial charge in [-0.3, -0.25) is 0 Å². The molecule has 0 saturated carbocycles. The molecule has 2 aliphatic rings. The van der Waals surface area contributed by atoms with Crippen molar-refractivity contribution in [2.24, 2.45) is 0 Å². The molecule has 3 aromatic carbocycles. The number of halogens is 1. The van der Waals surface area contributed by atoms with E-state index in [4.69, 9.17) is 21.1 Å². The second-order valence-corrected chi connectivity index (χ2v) is 6.61. The molecule has 2 heterocycles. The minimum atomic E-state index is -1.31. The van der Waals surface area contributed by atoms with Crippen molar-refractivity contribution >= 4 is 17.6 Å². The standard InChI is InChI=1S/C20H11ClO5/c21-15-7-11(23)9-17-18(15)20(14-6-5-10(22)8-16(14)25-17)13-4-2-1-3-12(13)19(24)26-20/h1-9,22-23H. The molecule has 0 aromatic heterocycles. The van der Waals surface area contributed by atoms with Crippen LogP contribution < -0.4 is 4.74 Å². The minimum absolute atomic E-state index is 0.00575. The van der Waals surface area contributed by atoms with E-state index in [1.807, 2.05) is 6.07 Å². The Kier molecular flexibility index (Phi) is 2.86. The lowest BCUT2D eigenvalue weighted by Gasteiger charge is -2.37. The minimum Gasteiger partial charge on any atom is -0.508 e. The van der Waals surface area contributed by atoms with Gasteiger partial charge in [0.1, 0.15) is 23.0 Å². The number of benzene rings is 3. The predicted octanol–water partition coefficient (Wildman–Crippen LogP) is 4.32. The average Bonchev–Trinajstić information content (AvgIpc) is 2.88. The molecule has 0 fully saturated rings. The number of aromatic hydroxyl groups is 2. The first kappa shape index (κ1) is 15.1. The lowest BCUT2D eigenvalue weighted by Crippen LogP contribution is -2.33. The molecule has 1 atom stereocenters. The van der Waals surface area contributed by atoms with Gasteiger partial charge in [0.2, 0.25) is 0 Å². The highest BCUT2D eigenvalue weighted by Gasteiger charge is 2.54. The molecular formula is C20H11ClO5. The normalized spacial score (nSPS) is 19.3. The maximum atomic E-state index is 12.6. The second kappa shape index (κ2) is 4.93. The molecule has 0 radical (unpaired) electrons. The molecule has 5 rings (SSSR count). The maximum absolute atomic E-state index is 12.6. The summed E-state index contributed by atoms with van der Waals surface area (Å²) in [5.41, 5.74) is 0.745. The monoisotopic (exact) mass is 366 g/mol. The first-order valence-electron chi connectivity index (χ1n) is 7.88. The van der Waals surface area contributed by atoms with Crippen molar-refractivity contribution in [2.75, 3.05) is 0 Å². The number of hydrogen-bond donors (Lipinski definition) is 2. The van der Waals surface area contributed by atoms with E-state index < -0.39 is 11.6 Å². The predicted molar refractivity (Wildman–Crippen MR) is 93.0 cm³/mol. The smallest absolute Gasteiger partial charge is 0.340 e. The van der Waals surface area contributed by atoms with Gasteiger partial charge in [-0.2, -0.15) is 0 Å². The molecule has 5 nitrogen and oxygen atoms in total. The highest BCUT2D eigenvalue weighted by atomic mass is 35.5. The van der Waals surface area contributed by atoms with Crippen molar-refractivity contribution in [1.82, 2.24) is 0 Å². The van der Waals surface area contributed by atoms with Crippen LogP contribution >= 0.6 is 11.6 Å². The molecule has 6 heteroatoms. The number of rotatable bonds is 0. The Morgan fingerprint density at radius 3 is 2.50 bits per heavy atom. The highest BCUT2D eigenvalue weighted by molar-refractivity contribution is 6.32. The zero-order valence-corrected chi connectivity index (χ0v) is 13.9. The second-order valence-electron chi connectivity index (χ2n) is 6.20. The summed E-state index contributed by atoms with van der Waals surface area (Å²) in [6.07, 6.45) is 0. The Bertz CT molecular complexity index is 1110. The fourth-order valence-corrected chi connectivity index (χ4v) is 4.07. The van der Waals surface area contributed by atoms with E-state index in [9.17, 15) is 15.0 Å². The molecule has 2 N–H and O–H groups in total. The van der Waals surface area contributed by atoms with E-state index in [1.165, 1.54) is 24.3 Å². The van der Waals surface area contributed by atoms with Crippen LogP contribution in [0.3, 0.4) is 0 Å². The van der Waals surface area contributed by atoms with Crippen LogP contribution in [0.25, 0.3) is 0 Å². The molecule has 2 aliphatic heterocycles. The Morgan fingerprint density at radius 1 is 0.885 bits per heavy atom. The van der Waals surface area contributed by atoms with Gasteiger partial charge < -0.3 is 19.7 Å². The van der Waals surface area contributed by atoms with E-state index in [2.05, 4.69) is 0 Å². The van der Waals surface area contributed by atoms with Crippen LogP contribution in [0.4, 0.5) is 0 Å². The van der Waals surface area contributed by atoms with Gasteiger partial charge in [-0.25, -0.2) is 4.79 Å². The first-order chi connectivity index (χ1) is 12.5. The third-order valence-electron chi connectivity index (χ3n) is 4.73. The van der Waals surface area contributed by atoms with E-state index in [0.29, 0.717) is 28.0 Å². The van der Waals surface area contributed by atoms with Gasteiger partial charge in [0.25, 0.3) is 0 Å². The number of fused-ring (bicyclic) bond motifs is 6. The molecular weight excluding hydrogens is 356 g/mol. The maximum Gasteiger partial charge on any atom is 0.340 e. The summed E-state index contributed by atoms with van der Waals surface area (Å²) in [5, 5.41) is 20.0. The number of ether oxygens (including phenoxy) is 2. The SMILES string of the molecule is O=C1OC2(c3ccc(O)cc3Oc3cc(O)cc(Cl)c32)c2ccccc21. The fraction of sp³-hybridized carbons (Fsp3) is 0.0500. The molecule has 26 heavy (non-hydrogen) atoms. The van der Waals surface area contributed by atoms with Gasteiger partial charge in [0.15, 0.2) is 5.60 Å². The zero-order chi connectivity index (χ0) is 18.1. The van der Waals surface area contributed by atoms with Crippen molar-refractivity contribution in [3.05, 3.63) is 81.9 Å². The summed E-state index contributed by atoms with van der Waals surface area (Å²) in [4.78, 5) is 12.6. The van der Waals surface area contributed by atoms with Gasteiger partial charge in [0.05, 0.1) is 16.1 Å². The van der Waals surface area contributed by atoms with Gasteiger partial charge in [-0.15, -0.1) is 0 Å². The van der Waals surface area contributed by atoms with Gasteiger partial charge in [-0.1, -0.05) is 29.8 Å². The summed E-state index contributed by atoms with van der Waals surface area (Å²) in [7, 11) is 0. The summed E-state index contributed by atoms with van der Waals surface area (Å²) in [5.74, 6) is 0.0363. The van der Waals surface area contributed by atoms with Crippen LogP contribution in [0.2, 0.25) is 5.02 Å². The van der Waals surface area contributed by atoms with Gasteiger partial charge in [-0.05, 0) is 24.3 Å². The highest BCUT2D eigenvalue weighted by Crippen LogP contribution is 2.58. The summed E-state index contributed by atoms with van der Waals surface area (Å²) >= 11 is 6.45. The first-order valence-corrected chi connectivity index (χ1v) is 8.25. The zero-order valence-electron chi connectivity index (χ0n) is 13.2. The van der Waals surface area contributed by atoms with Crippen LogP contribution in [0, 0.1) is 0 Å². The Labute approximate surface area is 153 Å². The van der Waals surface area contributed by atoms with Crippen molar-refractivity contribution in [3.63, 3.8) is 0 Å². The Balaban J connectivity index is 1.94. The third-order valence-corrected chi connectivity index (χ3v) is 5.03. The number of phenols is 2. The van der Waals surface area contributed by atoms with Crippen LogP contribution in [0.15, 0.2) is 54.6 Å². The third kappa shape index (κ3) is 1.78.